The number of nitrogens with zero attached hydrogens (tertiary/aromatic N) is 1. The number of hydrogen-bond donors (Lipinski definition) is 1. The molecule has 0 bridgehead atoms. The molecule has 0 atom stereocenters. The molecule has 1 heterocycles. The van der Waals surface area contributed by atoms with E-state index in [1.54, 1.807) is 0 Å². The van der Waals surface area contributed by atoms with Crippen molar-refractivity contribution in [3.8, 4) is 0 Å². The van der Waals surface area contributed by atoms with Gasteiger partial charge in [-0.05, 0) is 25.0 Å². The van der Waals surface area contributed by atoms with Gasteiger partial charge in [0.25, 0.3) is 0 Å². The molecule has 0 aromatic heterocycles. The topological polar surface area (TPSA) is 83.6 Å². The van der Waals surface area contributed by atoms with Gasteiger partial charge in [-0.15, -0.1) is 0 Å². The second-order valence-corrected chi connectivity index (χ2v) is 8.93. The molecule has 0 spiro atoms. The summed E-state index contributed by atoms with van der Waals surface area (Å²) in [4.78, 5) is -0.939. The molecule has 130 valence electrons. The highest BCUT2D eigenvalue weighted by Gasteiger charge is 2.33. The van der Waals surface area contributed by atoms with E-state index in [2.05, 4.69) is 4.72 Å². The van der Waals surface area contributed by atoms with Gasteiger partial charge in [0.05, 0.1) is 6.26 Å². The standard InChI is InChI=1S/C12H15F3N2O4S2/c1-22(18,19)16-8-4-6-17(7-5-8)23(20,21)10-3-2-9(13)11(14)12(10)15/h2-3,8,16H,4-7H2,1H3. The van der Waals surface area contributed by atoms with Crippen LogP contribution < -0.4 is 4.72 Å². The van der Waals surface area contributed by atoms with E-state index in [0.717, 1.165) is 10.6 Å². The predicted octanol–water partition coefficient (Wildman–Crippen LogP) is 0.806. The maximum Gasteiger partial charge on any atom is 0.246 e. The third kappa shape index (κ3) is 4.03. The molecule has 0 saturated carbocycles. The molecule has 0 unspecified atom stereocenters. The minimum atomic E-state index is -4.32. The van der Waals surface area contributed by atoms with Crippen LogP contribution in [-0.4, -0.2) is 46.5 Å². The van der Waals surface area contributed by atoms with Crippen LogP contribution in [0.15, 0.2) is 17.0 Å². The highest BCUT2D eigenvalue weighted by molar-refractivity contribution is 7.89. The first-order chi connectivity index (χ1) is 10.5. The van der Waals surface area contributed by atoms with Gasteiger partial charge in [0, 0.05) is 19.1 Å². The van der Waals surface area contributed by atoms with E-state index >= 15 is 0 Å². The van der Waals surface area contributed by atoms with Crippen LogP contribution in [0.5, 0.6) is 0 Å². The van der Waals surface area contributed by atoms with Crippen molar-refractivity contribution in [3.05, 3.63) is 29.6 Å². The van der Waals surface area contributed by atoms with Crippen LogP contribution in [-0.2, 0) is 20.0 Å². The fourth-order valence-corrected chi connectivity index (χ4v) is 4.73. The van der Waals surface area contributed by atoms with Crippen molar-refractivity contribution in [2.45, 2.75) is 23.8 Å². The molecule has 0 aliphatic carbocycles. The van der Waals surface area contributed by atoms with Crippen LogP contribution >= 0.6 is 0 Å². The Labute approximate surface area is 132 Å². The third-order valence-corrected chi connectivity index (χ3v) is 6.13. The largest absolute Gasteiger partial charge is 0.246 e. The summed E-state index contributed by atoms with van der Waals surface area (Å²) in [5.41, 5.74) is 0. The average Bonchev–Trinajstić information content (AvgIpc) is 2.43. The van der Waals surface area contributed by atoms with Crippen LogP contribution in [0.2, 0.25) is 0 Å². The zero-order chi connectivity index (χ0) is 17.4. The van der Waals surface area contributed by atoms with Crippen LogP contribution in [0.1, 0.15) is 12.8 Å². The lowest BCUT2D eigenvalue weighted by molar-refractivity contribution is 0.307. The Hall–Kier alpha value is -1.17. The van der Waals surface area contributed by atoms with Crippen LogP contribution in [0.4, 0.5) is 13.2 Å². The molecule has 11 heteroatoms. The fourth-order valence-electron chi connectivity index (χ4n) is 2.36. The predicted molar refractivity (Wildman–Crippen MR) is 76.1 cm³/mol. The summed E-state index contributed by atoms with van der Waals surface area (Å²) in [5.74, 6) is -5.08. The number of halogens is 3. The highest BCUT2D eigenvalue weighted by atomic mass is 32.2. The minimum absolute atomic E-state index is 0.0616. The Kier molecular flexibility index (Phi) is 5.04. The summed E-state index contributed by atoms with van der Waals surface area (Å²) in [5, 5.41) is 0. The quantitative estimate of drug-likeness (QED) is 0.793. The molecule has 1 aromatic rings. The Bertz CT molecular complexity index is 804. The Morgan fingerprint density at radius 3 is 2.13 bits per heavy atom. The van der Waals surface area contributed by atoms with Crippen molar-refractivity contribution in [2.75, 3.05) is 19.3 Å². The van der Waals surface area contributed by atoms with E-state index in [1.165, 1.54) is 0 Å². The van der Waals surface area contributed by atoms with Gasteiger partial charge in [0.15, 0.2) is 17.5 Å². The Morgan fingerprint density at radius 2 is 1.61 bits per heavy atom. The molecule has 2 rings (SSSR count). The van der Waals surface area contributed by atoms with E-state index in [1.807, 2.05) is 0 Å². The molecular weight excluding hydrogens is 357 g/mol. The fraction of sp³-hybridized carbons (Fsp3) is 0.500. The van der Waals surface area contributed by atoms with Crippen molar-refractivity contribution < 1.29 is 30.0 Å². The third-order valence-electron chi connectivity index (χ3n) is 3.45. The minimum Gasteiger partial charge on any atom is -0.213 e. The second-order valence-electron chi connectivity index (χ2n) is 5.24. The molecule has 6 nitrogen and oxygen atoms in total. The first kappa shape index (κ1) is 18.2. The van der Waals surface area contributed by atoms with Gasteiger partial charge in [0.1, 0.15) is 4.90 Å². The molecule has 1 aromatic carbocycles. The van der Waals surface area contributed by atoms with Crippen molar-refractivity contribution in [3.63, 3.8) is 0 Å². The lowest BCUT2D eigenvalue weighted by atomic mass is 10.1. The van der Waals surface area contributed by atoms with Gasteiger partial charge < -0.3 is 0 Å². The monoisotopic (exact) mass is 372 g/mol. The molecule has 0 radical (unpaired) electrons. The van der Waals surface area contributed by atoms with E-state index in [9.17, 15) is 30.0 Å². The second kappa shape index (κ2) is 6.38. The van der Waals surface area contributed by atoms with Gasteiger partial charge in [-0.2, -0.15) is 4.31 Å². The van der Waals surface area contributed by atoms with Crippen molar-refractivity contribution >= 4 is 20.0 Å². The number of hydrogen-bond acceptors (Lipinski definition) is 4. The lowest BCUT2D eigenvalue weighted by Gasteiger charge is -2.31. The van der Waals surface area contributed by atoms with E-state index in [-0.39, 0.29) is 25.9 Å². The summed E-state index contributed by atoms with van der Waals surface area (Å²) < 4.78 is 90.1. The summed E-state index contributed by atoms with van der Waals surface area (Å²) in [6, 6.07) is 0.791. The number of piperidine rings is 1. The first-order valence-electron chi connectivity index (χ1n) is 6.63. The Balaban J connectivity index is 2.18. The van der Waals surface area contributed by atoms with Gasteiger partial charge in [0.2, 0.25) is 20.0 Å². The van der Waals surface area contributed by atoms with Gasteiger partial charge in [-0.3, -0.25) is 0 Å². The molecule has 1 N–H and O–H groups in total. The molecule has 1 fully saturated rings. The van der Waals surface area contributed by atoms with E-state index in [0.29, 0.717) is 12.1 Å². The SMILES string of the molecule is CS(=O)(=O)NC1CCN(S(=O)(=O)c2ccc(F)c(F)c2F)CC1. The van der Waals surface area contributed by atoms with Gasteiger partial charge >= 0.3 is 0 Å². The zero-order valence-electron chi connectivity index (χ0n) is 12.1. The maximum atomic E-state index is 13.7. The van der Waals surface area contributed by atoms with Crippen molar-refractivity contribution in [1.82, 2.24) is 9.03 Å². The molecular formula is C12H15F3N2O4S2. The van der Waals surface area contributed by atoms with Gasteiger partial charge in [-0.1, -0.05) is 0 Å². The highest BCUT2D eigenvalue weighted by Crippen LogP contribution is 2.25. The van der Waals surface area contributed by atoms with Crippen molar-refractivity contribution in [1.29, 1.82) is 0 Å². The Morgan fingerprint density at radius 1 is 1.04 bits per heavy atom. The normalized spacial score (nSPS) is 18.3. The van der Waals surface area contributed by atoms with Crippen molar-refractivity contribution in [2.24, 2.45) is 0 Å². The summed E-state index contributed by atoms with van der Waals surface area (Å²) in [6.45, 7) is -0.123. The van der Waals surface area contributed by atoms with E-state index < -0.39 is 48.4 Å². The lowest BCUT2D eigenvalue weighted by Crippen LogP contribution is -2.46. The zero-order valence-corrected chi connectivity index (χ0v) is 13.7. The van der Waals surface area contributed by atoms with E-state index in [4.69, 9.17) is 0 Å². The number of nitrogens with one attached hydrogen (secondary N) is 1. The molecule has 23 heavy (non-hydrogen) atoms. The summed E-state index contributed by atoms with van der Waals surface area (Å²) in [7, 11) is -7.74. The molecule has 0 amide bonds. The smallest absolute Gasteiger partial charge is 0.213 e. The average molecular weight is 372 g/mol. The molecule has 1 aliphatic rings. The van der Waals surface area contributed by atoms with Crippen LogP contribution in [0.25, 0.3) is 0 Å². The van der Waals surface area contributed by atoms with Crippen LogP contribution in [0, 0.1) is 17.5 Å². The molecule has 1 saturated heterocycles. The molecule has 1 aliphatic heterocycles. The van der Waals surface area contributed by atoms with Crippen LogP contribution in [0.3, 0.4) is 0 Å². The summed E-state index contributed by atoms with van der Waals surface area (Å²) >= 11 is 0. The maximum absolute atomic E-state index is 13.7. The first-order valence-corrected chi connectivity index (χ1v) is 9.96. The number of rotatable bonds is 4. The number of sulfonamides is 2. The number of benzene rings is 1. The summed E-state index contributed by atoms with van der Waals surface area (Å²) in [6.07, 6.45) is 1.38. The van der Waals surface area contributed by atoms with Gasteiger partial charge in [-0.25, -0.2) is 34.7 Å².